The lowest BCUT2D eigenvalue weighted by atomic mass is 9.29. The molecule has 5 aliphatic carbocycles. The number of hydrogen-bond donors (Lipinski definition) is 1. The Morgan fingerprint density at radius 1 is 1.11 bits per heavy atom. The highest BCUT2D eigenvalue weighted by Crippen LogP contribution is 2.79. The molecule has 0 aromatic carbocycles. The van der Waals surface area contributed by atoms with Gasteiger partial charge in [0.1, 0.15) is 11.9 Å². The summed E-state index contributed by atoms with van der Waals surface area (Å²) >= 11 is 0. The molecule has 4 heteroatoms. The lowest BCUT2D eigenvalue weighted by Gasteiger charge is -2.75. The molecule has 196 valence electrons. The van der Waals surface area contributed by atoms with Crippen LogP contribution in [0.4, 0.5) is 0 Å². The van der Waals surface area contributed by atoms with Crippen molar-refractivity contribution in [2.75, 3.05) is 0 Å². The minimum atomic E-state index is -0.377. The molecule has 0 heterocycles. The third kappa shape index (κ3) is 2.90. The summed E-state index contributed by atoms with van der Waals surface area (Å²) in [7, 11) is 0. The molecule has 35 heavy (non-hydrogen) atoms. The van der Waals surface area contributed by atoms with Crippen LogP contribution in [0.5, 0.6) is 0 Å². The number of aliphatic hydroxyl groups excluding tert-OH is 1. The maximum absolute atomic E-state index is 13.3. The molecular weight excluding hydrogens is 436 g/mol. The molecule has 5 rings (SSSR count). The molecule has 0 amide bonds. The second-order valence-electron chi connectivity index (χ2n) is 14.3. The van der Waals surface area contributed by atoms with Crippen molar-refractivity contribution >= 4 is 11.8 Å². The Morgan fingerprint density at radius 2 is 1.77 bits per heavy atom. The largest absolute Gasteiger partial charge is 0.462 e. The zero-order chi connectivity index (χ0) is 25.8. The van der Waals surface area contributed by atoms with E-state index in [1.165, 1.54) is 5.57 Å². The molecule has 0 aromatic rings. The summed E-state index contributed by atoms with van der Waals surface area (Å²) in [5, 5.41) is 11.3. The first-order valence-corrected chi connectivity index (χ1v) is 14.3. The highest BCUT2D eigenvalue weighted by molar-refractivity contribution is 5.86. The number of rotatable bonds is 2. The van der Waals surface area contributed by atoms with E-state index in [0.717, 1.165) is 44.9 Å². The van der Waals surface area contributed by atoms with Crippen LogP contribution in [0.25, 0.3) is 0 Å². The van der Waals surface area contributed by atoms with Crippen molar-refractivity contribution in [1.29, 1.82) is 0 Å². The van der Waals surface area contributed by atoms with E-state index in [0.29, 0.717) is 30.0 Å². The molecule has 0 spiro atoms. The average molecular weight is 485 g/mol. The molecule has 0 aliphatic heterocycles. The van der Waals surface area contributed by atoms with Crippen molar-refractivity contribution in [3.05, 3.63) is 11.6 Å². The van der Waals surface area contributed by atoms with Crippen molar-refractivity contribution in [1.82, 2.24) is 0 Å². The normalized spacial score (nSPS) is 55.2. The van der Waals surface area contributed by atoms with Crippen LogP contribution in [-0.2, 0) is 14.3 Å². The summed E-state index contributed by atoms with van der Waals surface area (Å²) in [5.41, 5.74) is 0.824. The SMILES string of the molecule is CC[C@@]1(C)C(=O)CC[C@@]2(C)[C@H]1CC[C@@]1(C)[C@@H]3CC=C4[C@H](C)C[C@@H](O)[C@@H]4[C@@]3(C)[C@@H](OC(C)=O)C[C@@]12C. The van der Waals surface area contributed by atoms with Gasteiger partial charge in [-0.1, -0.05) is 60.1 Å². The fourth-order valence-corrected chi connectivity index (χ4v) is 11.2. The van der Waals surface area contributed by atoms with Gasteiger partial charge in [0.15, 0.2) is 0 Å². The molecule has 0 saturated heterocycles. The van der Waals surface area contributed by atoms with Gasteiger partial charge in [-0.05, 0) is 78.9 Å². The lowest BCUT2D eigenvalue weighted by molar-refractivity contribution is -0.284. The summed E-state index contributed by atoms with van der Waals surface area (Å²) in [6, 6.07) is 0. The number of carbonyl (C=O) groups is 2. The molecule has 0 aromatic heterocycles. The number of esters is 1. The van der Waals surface area contributed by atoms with Gasteiger partial charge >= 0.3 is 5.97 Å². The molecule has 4 nitrogen and oxygen atoms in total. The van der Waals surface area contributed by atoms with E-state index in [1.807, 2.05) is 0 Å². The van der Waals surface area contributed by atoms with Gasteiger partial charge in [0.05, 0.1) is 6.10 Å². The van der Waals surface area contributed by atoms with Crippen molar-refractivity contribution in [3.63, 3.8) is 0 Å². The summed E-state index contributed by atoms with van der Waals surface area (Å²) in [6.45, 7) is 18.0. The van der Waals surface area contributed by atoms with Gasteiger partial charge < -0.3 is 9.84 Å². The Labute approximate surface area is 212 Å². The van der Waals surface area contributed by atoms with Crippen LogP contribution in [0.3, 0.4) is 0 Å². The van der Waals surface area contributed by atoms with Gasteiger partial charge in [-0.25, -0.2) is 0 Å². The van der Waals surface area contributed by atoms with E-state index in [2.05, 4.69) is 54.5 Å². The molecule has 4 saturated carbocycles. The van der Waals surface area contributed by atoms with E-state index in [1.54, 1.807) is 6.92 Å². The second kappa shape index (κ2) is 7.68. The standard InChI is InChI=1S/C31H48O4/c1-9-27(4)22-12-14-29(6)23-11-10-20-18(2)16-21(33)26(20)31(23,8)25(35-19(3)32)17-30(29,7)28(22,5)15-13-24(27)34/h10,18,21-23,25-26,33H,9,11-17H2,1-8H3/t18-,21-,22+,23+,25+,26-,27-,28+,29+,30-,31-/m1/s1. The van der Waals surface area contributed by atoms with Gasteiger partial charge in [0, 0.05) is 30.1 Å². The summed E-state index contributed by atoms with van der Waals surface area (Å²) in [5.74, 6) is 1.35. The van der Waals surface area contributed by atoms with Crippen molar-refractivity contribution in [2.24, 2.45) is 50.7 Å². The van der Waals surface area contributed by atoms with Crippen LogP contribution < -0.4 is 0 Å². The number of aliphatic hydroxyl groups is 1. The van der Waals surface area contributed by atoms with Crippen LogP contribution in [0.1, 0.15) is 107 Å². The predicted octanol–water partition coefficient (Wildman–Crippen LogP) is 6.50. The Morgan fingerprint density at radius 3 is 2.40 bits per heavy atom. The molecule has 1 N–H and O–H groups in total. The maximum Gasteiger partial charge on any atom is 0.302 e. The first-order chi connectivity index (χ1) is 16.2. The van der Waals surface area contributed by atoms with Crippen LogP contribution in [-0.4, -0.2) is 29.1 Å². The lowest BCUT2D eigenvalue weighted by Crippen LogP contribution is -2.72. The molecular formula is C31H48O4. The molecule has 5 aliphatic rings. The van der Waals surface area contributed by atoms with Crippen LogP contribution in [0.15, 0.2) is 11.6 Å². The third-order valence-electron chi connectivity index (χ3n) is 13.5. The number of hydrogen-bond acceptors (Lipinski definition) is 4. The average Bonchev–Trinajstić information content (AvgIpc) is 3.08. The summed E-state index contributed by atoms with van der Waals surface area (Å²) < 4.78 is 6.29. The molecule has 0 radical (unpaired) electrons. The van der Waals surface area contributed by atoms with E-state index in [-0.39, 0.29) is 51.2 Å². The number of ether oxygens (including phenoxy) is 1. The van der Waals surface area contributed by atoms with E-state index in [4.69, 9.17) is 4.74 Å². The molecule has 11 atom stereocenters. The zero-order valence-corrected chi connectivity index (χ0v) is 23.4. The van der Waals surface area contributed by atoms with E-state index < -0.39 is 0 Å². The van der Waals surface area contributed by atoms with Gasteiger partial charge in [-0.3, -0.25) is 9.59 Å². The number of fused-ring (bicyclic) bond motifs is 7. The topological polar surface area (TPSA) is 63.6 Å². The smallest absolute Gasteiger partial charge is 0.302 e. The number of carbonyl (C=O) groups excluding carboxylic acids is 2. The van der Waals surface area contributed by atoms with Crippen LogP contribution in [0.2, 0.25) is 0 Å². The van der Waals surface area contributed by atoms with Crippen molar-refractivity contribution in [3.8, 4) is 0 Å². The van der Waals surface area contributed by atoms with Gasteiger partial charge in [0.25, 0.3) is 0 Å². The van der Waals surface area contributed by atoms with E-state index in [9.17, 15) is 14.7 Å². The fraction of sp³-hybridized carbons (Fsp3) is 0.871. The summed E-state index contributed by atoms with van der Waals surface area (Å²) in [4.78, 5) is 25.8. The number of allylic oxidation sites excluding steroid dienone is 1. The quantitative estimate of drug-likeness (QED) is 0.359. The highest BCUT2D eigenvalue weighted by Gasteiger charge is 2.75. The van der Waals surface area contributed by atoms with Crippen molar-refractivity contribution in [2.45, 2.75) is 119 Å². The minimum Gasteiger partial charge on any atom is -0.462 e. The first kappa shape index (κ1) is 25.5. The third-order valence-corrected chi connectivity index (χ3v) is 13.5. The Balaban J connectivity index is 1.68. The molecule has 0 bridgehead atoms. The van der Waals surface area contributed by atoms with Gasteiger partial charge in [-0.15, -0.1) is 0 Å². The highest BCUT2D eigenvalue weighted by atomic mass is 16.5. The molecule has 4 fully saturated rings. The Hall–Kier alpha value is -1.16. The summed E-state index contributed by atoms with van der Waals surface area (Å²) in [6.07, 6.45) is 9.14. The number of Topliss-reactive ketones (excluding diaryl/α,β-unsaturated/α-hetero) is 1. The maximum atomic E-state index is 13.3. The molecule has 0 unspecified atom stereocenters. The van der Waals surface area contributed by atoms with E-state index >= 15 is 0 Å². The first-order valence-electron chi connectivity index (χ1n) is 14.3. The zero-order valence-electron chi connectivity index (χ0n) is 23.4. The predicted molar refractivity (Wildman–Crippen MR) is 137 cm³/mol. The number of ketones is 1. The van der Waals surface area contributed by atoms with Crippen molar-refractivity contribution < 1.29 is 19.4 Å². The monoisotopic (exact) mass is 484 g/mol. The fourth-order valence-electron chi connectivity index (χ4n) is 11.2. The van der Waals surface area contributed by atoms with Crippen LogP contribution >= 0.6 is 0 Å². The Kier molecular flexibility index (Phi) is 5.59. The van der Waals surface area contributed by atoms with Gasteiger partial charge in [-0.2, -0.15) is 0 Å². The Bertz CT molecular complexity index is 969. The van der Waals surface area contributed by atoms with Gasteiger partial charge in [0.2, 0.25) is 0 Å². The van der Waals surface area contributed by atoms with Crippen LogP contribution in [0, 0.1) is 50.7 Å². The minimum absolute atomic E-state index is 0.00394. The second-order valence-corrected chi connectivity index (χ2v) is 14.3.